The van der Waals surface area contributed by atoms with Crippen LogP contribution in [0.25, 0.3) is 0 Å². The molecular weight excluding hydrogens is 350 g/mol. The highest BCUT2D eigenvalue weighted by molar-refractivity contribution is 6.31. The van der Waals surface area contributed by atoms with Gasteiger partial charge in [0.15, 0.2) is 5.84 Å². The minimum Gasteiger partial charge on any atom is -0.409 e. The molecular formula is C15H16ClF4N3O. The molecule has 1 aromatic carbocycles. The summed E-state index contributed by atoms with van der Waals surface area (Å²) in [6.45, 7) is 2.63. The fourth-order valence-corrected chi connectivity index (χ4v) is 3.71. The number of oxime groups is 1. The smallest absolute Gasteiger partial charge is 0.409 e. The molecule has 0 unspecified atom stereocenters. The molecule has 0 radical (unpaired) electrons. The summed E-state index contributed by atoms with van der Waals surface area (Å²) in [4.78, 5) is 2.21. The highest BCUT2D eigenvalue weighted by atomic mass is 35.5. The van der Waals surface area contributed by atoms with Gasteiger partial charge in [-0.3, -0.25) is 0 Å². The fourth-order valence-electron chi connectivity index (χ4n) is 3.46. The van der Waals surface area contributed by atoms with Crippen molar-refractivity contribution in [1.29, 1.82) is 0 Å². The van der Waals surface area contributed by atoms with Crippen LogP contribution in [-0.4, -0.2) is 41.6 Å². The molecule has 0 aromatic heterocycles. The Balaban J connectivity index is 1.89. The van der Waals surface area contributed by atoms with Crippen molar-refractivity contribution in [3.05, 3.63) is 34.1 Å². The molecule has 1 atom stereocenters. The van der Waals surface area contributed by atoms with E-state index in [2.05, 4.69) is 15.4 Å². The second-order valence-corrected chi connectivity index (χ2v) is 6.53. The Morgan fingerprint density at radius 3 is 2.46 bits per heavy atom. The van der Waals surface area contributed by atoms with E-state index < -0.39 is 28.1 Å². The van der Waals surface area contributed by atoms with Gasteiger partial charge in [-0.1, -0.05) is 16.8 Å². The second-order valence-electron chi connectivity index (χ2n) is 6.12. The van der Waals surface area contributed by atoms with Crippen LogP contribution < -0.4 is 5.32 Å². The third-order valence-corrected chi connectivity index (χ3v) is 5.02. The summed E-state index contributed by atoms with van der Waals surface area (Å²) in [5, 5.41) is 14.4. The van der Waals surface area contributed by atoms with Crippen LogP contribution in [0.1, 0.15) is 24.0 Å². The molecule has 3 fully saturated rings. The Labute approximate surface area is 141 Å². The van der Waals surface area contributed by atoms with Crippen molar-refractivity contribution in [2.45, 2.75) is 25.1 Å². The number of amidine groups is 1. The topological polar surface area (TPSA) is 47.9 Å². The van der Waals surface area contributed by atoms with Gasteiger partial charge in [-0.2, -0.15) is 13.2 Å². The van der Waals surface area contributed by atoms with Gasteiger partial charge in [0.05, 0.1) is 10.6 Å². The molecule has 2 bridgehead atoms. The van der Waals surface area contributed by atoms with Crippen molar-refractivity contribution >= 4 is 17.4 Å². The average Bonchev–Trinajstić information content (AvgIpc) is 2.53. The average molecular weight is 366 g/mol. The van der Waals surface area contributed by atoms with Gasteiger partial charge in [-0.25, -0.2) is 4.39 Å². The monoisotopic (exact) mass is 365 g/mol. The first-order chi connectivity index (χ1) is 11.3. The number of fused-ring (bicyclic) bond motifs is 3. The largest absolute Gasteiger partial charge is 0.420 e. The van der Waals surface area contributed by atoms with E-state index in [4.69, 9.17) is 11.6 Å². The number of hydrogen-bond donors (Lipinski definition) is 2. The van der Waals surface area contributed by atoms with Crippen LogP contribution in [0.5, 0.6) is 0 Å². The van der Waals surface area contributed by atoms with E-state index >= 15 is 0 Å². The van der Waals surface area contributed by atoms with Crippen molar-refractivity contribution in [1.82, 2.24) is 10.2 Å². The zero-order valence-corrected chi connectivity index (χ0v) is 13.3. The number of benzene rings is 1. The number of piperidine rings is 3. The normalized spacial score (nSPS) is 27.4. The highest BCUT2D eigenvalue weighted by Gasteiger charge is 2.39. The minimum atomic E-state index is -4.94. The van der Waals surface area contributed by atoms with E-state index in [-0.39, 0.29) is 11.9 Å². The summed E-state index contributed by atoms with van der Waals surface area (Å²) in [6, 6.07) is 1.94. The van der Waals surface area contributed by atoms with Crippen LogP contribution in [-0.2, 0) is 6.18 Å². The van der Waals surface area contributed by atoms with Gasteiger partial charge < -0.3 is 15.4 Å². The first-order valence-corrected chi connectivity index (χ1v) is 7.95. The summed E-state index contributed by atoms with van der Waals surface area (Å²) >= 11 is 5.49. The lowest BCUT2D eigenvalue weighted by Gasteiger charge is -2.45. The van der Waals surface area contributed by atoms with E-state index in [9.17, 15) is 22.8 Å². The van der Waals surface area contributed by atoms with Gasteiger partial charge in [-0.15, -0.1) is 0 Å². The Morgan fingerprint density at radius 1 is 1.29 bits per heavy atom. The van der Waals surface area contributed by atoms with E-state index in [1.807, 2.05) is 0 Å². The maximum atomic E-state index is 14.4. The predicted octanol–water partition coefficient (Wildman–Crippen LogP) is 3.32. The first kappa shape index (κ1) is 17.3. The van der Waals surface area contributed by atoms with Crippen LogP contribution in [0.15, 0.2) is 17.3 Å². The molecule has 0 aliphatic carbocycles. The third kappa shape index (κ3) is 3.17. The van der Waals surface area contributed by atoms with Crippen molar-refractivity contribution in [3.8, 4) is 0 Å². The van der Waals surface area contributed by atoms with Crippen molar-refractivity contribution < 1.29 is 22.8 Å². The van der Waals surface area contributed by atoms with E-state index in [1.54, 1.807) is 0 Å². The highest BCUT2D eigenvalue weighted by Crippen LogP contribution is 2.38. The number of halogens is 5. The molecule has 9 heteroatoms. The second kappa shape index (κ2) is 6.40. The van der Waals surface area contributed by atoms with E-state index in [0.29, 0.717) is 12.5 Å². The van der Waals surface area contributed by atoms with Crippen LogP contribution in [0, 0.1) is 11.7 Å². The van der Waals surface area contributed by atoms with Crippen LogP contribution in [0.3, 0.4) is 0 Å². The number of hydrogen-bond acceptors (Lipinski definition) is 3. The van der Waals surface area contributed by atoms with Gasteiger partial charge in [0, 0.05) is 12.6 Å². The third-order valence-electron chi connectivity index (χ3n) is 4.71. The van der Waals surface area contributed by atoms with Crippen LogP contribution >= 0.6 is 11.6 Å². The minimum absolute atomic E-state index is 0.0946. The molecule has 4 rings (SSSR count). The van der Waals surface area contributed by atoms with Crippen molar-refractivity contribution in [2.24, 2.45) is 11.1 Å². The summed E-state index contributed by atoms with van der Waals surface area (Å²) in [5.74, 6) is -1.53. The van der Waals surface area contributed by atoms with Crippen molar-refractivity contribution in [2.75, 3.05) is 19.6 Å². The summed E-state index contributed by atoms with van der Waals surface area (Å²) < 4.78 is 53.3. The van der Waals surface area contributed by atoms with Crippen molar-refractivity contribution in [3.63, 3.8) is 0 Å². The number of rotatable bonds is 2. The van der Waals surface area contributed by atoms with Crippen LogP contribution in [0.2, 0.25) is 5.02 Å². The zero-order valence-electron chi connectivity index (χ0n) is 12.6. The summed E-state index contributed by atoms with van der Waals surface area (Å²) in [7, 11) is 0. The Hall–Kier alpha value is -1.54. The SMILES string of the molecule is O/N=C(/N[C@H]1CN2CCC1CC2)c1ccc(Cl)c(C(F)(F)F)c1F. The van der Waals surface area contributed by atoms with Gasteiger partial charge in [0.25, 0.3) is 0 Å². The molecule has 3 aliphatic rings. The van der Waals surface area contributed by atoms with Gasteiger partial charge in [-0.05, 0) is 44.0 Å². The molecule has 4 nitrogen and oxygen atoms in total. The summed E-state index contributed by atoms with van der Waals surface area (Å²) in [6.07, 6.45) is -3.03. The lowest BCUT2D eigenvalue weighted by Crippen LogP contribution is -2.57. The molecule has 3 saturated heterocycles. The number of nitrogens with one attached hydrogen (secondary N) is 1. The lowest BCUT2D eigenvalue weighted by molar-refractivity contribution is -0.139. The quantitative estimate of drug-likeness (QED) is 0.278. The molecule has 0 saturated carbocycles. The standard InChI is InChI=1S/C15H16ClF4N3O/c16-10-2-1-9(13(17)12(10)15(18,19)20)14(22-24)21-11-7-23-5-3-8(11)4-6-23/h1-2,8,11,24H,3-7H2,(H,21,22)/t11-/m0/s1. The number of alkyl halides is 3. The molecule has 2 N–H and O–H groups in total. The Kier molecular flexibility index (Phi) is 4.61. The van der Waals surface area contributed by atoms with E-state index in [1.165, 1.54) is 0 Å². The maximum absolute atomic E-state index is 14.4. The molecule has 3 heterocycles. The van der Waals surface area contributed by atoms with Gasteiger partial charge in [0.1, 0.15) is 11.4 Å². The zero-order chi connectivity index (χ0) is 17.5. The molecule has 1 aromatic rings. The molecule has 0 amide bonds. The van der Waals surface area contributed by atoms with Crippen LogP contribution in [0.4, 0.5) is 17.6 Å². The van der Waals surface area contributed by atoms with Gasteiger partial charge >= 0.3 is 6.18 Å². The Morgan fingerprint density at radius 2 is 1.96 bits per heavy atom. The number of nitrogens with zero attached hydrogens (tertiary/aromatic N) is 2. The predicted molar refractivity (Wildman–Crippen MR) is 80.8 cm³/mol. The Bertz CT molecular complexity index is 657. The lowest BCUT2D eigenvalue weighted by atomic mass is 9.84. The maximum Gasteiger partial charge on any atom is 0.420 e. The molecule has 132 valence electrons. The summed E-state index contributed by atoms with van der Waals surface area (Å²) in [5.41, 5.74) is -2.01. The molecule has 0 spiro atoms. The fraction of sp³-hybridized carbons (Fsp3) is 0.533. The first-order valence-electron chi connectivity index (χ1n) is 7.57. The molecule has 24 heavy (non-hydrogen) atoms. The van der Waals surface area contributed by atoms with Gasteiger partial charge in [0.2, 0.25) is 0 Å². The molecule has 3 aliphatic heterocycles. The van der Waals surface area contributed by atoms with E-state index in [0.717, 1.165) is 38.1 Å².